The van der Waals surface area contributed by atoms with Crippen LogP contribution in [0.25, 0.3) is 0 Å². The fraction of sp³-hybridized carbons (Fsp3) is 0.294. The summed E-state index contributed by atoms with van der Waals surface area (Å²) in [5, 5.41) is 0.677. The average molecular weight is 306 g/mol. The second-order valence-electron chi connectivity index (χ2n) is 4.90. The van der Waals surface area contributed by atoms with E-state index in [9.17, 15) is 0 Å². The number of nitrogens with two attached hydrogens (primary N) is 1. The fourth-order valence-electron chi connectivity index (χ4n) is 2.05. The van der Waals surface area contributed by atoms with Crippen LogP contribution in [0.3, 0.4) is 0 Å². The third-order valence-electron chi connectivity index (χ3n) is 2.96. The van der Waals surface area contributed by atoms with Crippen LogP contribution >= 0.6 is 11.6 Å². The van der Waals surface area contributed by atoms with Gasteiger partial charge in [-0.1, -0.05) is 17.7 Å². The van der Waals surface area contributed by atoms with E-state index in [0.29, 0.717) is 18.1 Å². The Morgan fingerprint density at radius 1 is 1.10 bits per heavy atom. The lowest BCUT2D eigenvalue weighted by atomic mass is 10.1. The minimum Gasteiger partial charge on any atom is -0.494 e. The Hall–Kier alpha value is -1.71. The summed E-state index contributed by atoms with van der Waals surface area (Å²) in [6.07, 6.45) is 0.673. The van der Waals surface area contributed by atoms with Gasteiger partial charge in [-0.2, -0.15) is 0 Å². The average Bonchev–Trinajstić information content (AvgIpc) is 2.45. The van der Waals surface area contributed by atoms with Crippen molar-refractivity contribution in [3.63, 3.8) is 0 Å². The smallest absolute Gasteiger partial charge is 0.132 e. The molecule has 0 aliphatic carbocycles. The van der Waals surface area contributed by atoms with E-state index in [4.69, 9.17) is 26.8 Å². The van der Waals surface area contributed by atoms with Crippen LogP contribution in [-0.2, 0) is 6.42 Å². The number of benzene rings is 2. The Balaban J connectivity index is 2.20. The molecule has 0 bridgehead atoms. The van der Waals surface area contributed by atoms with Crippen LogP contribution in [-0.4, -0.2) is 12.6 Å². The molecule has 2 N–H and O–H groups in total. The molecule has 0 amide bonds. The van der Waals surface area contributed by atoms with Crippen LogP contribution in [0.1, 0.15) is 19.4 Å². The Kier molecular flexibility index (Phi) is 5.48. The zero-order chi connectivity index (χ0) is 15.2. The topological polar surface area (TPSA) is 44.5 Å². The summed E-state index contributed by atoms with van der Waals surface area (Å²) in [5.41, 5.74) is 6.81. The van der Waals surface area contributed by atoms with Crippen molar-refractivity contribution in [1.82, 2.24) is 0 Å². The highest BCUT2D eigenvalue weighted by molar-refractivity contribution is 6.31. The Morgan fingerprint density at radius 3 is 2.38 bits per heavy atom. The van der Waals surface area contributed by atoms with Gasteiger partial charge >= 0.3 is 0 Å². The normalized spacial score (nSPS) is 12.0. The van der Waals surface area contributed by atoms with Crippen LogP contribution in [0.4, 0.5) is 0 Å². The van der Waals surface area contributed by atoms with Gasteiger partial charge in [0.1, 0.15) is 17.2 Å². The highest BCUT2D eigenvalue weighted by atomic mass is 35.5. The van der Waals surface area contributed by atoms with E-state index in [2.05, 4.69) is 0 Å². The van der Waals surface area contributed by atoms with Crippen molar-refractivity contribution in [3.05, 3.63) is 53.1 Å². The third kappa shape index (κ3) is 4.38. The van der Waals surface area contributed by atoms with E-state index in [1.807, 2.05) is 56.3 Å². The molecule has 2 aromatic rings. The SMILES string of the molecule is CCOc1ccc(Oc2cccc(Cl)c2CC(C)N)cc1. The Morgan fingerprint density at radius 2 is 1.76 bits per heavy atom. The van der Waals surface area contributed by atoms with Gasteiger partial charge in [-0.05, 0) is 56.7 Å². The summed E-state index contributed by atoms with van der Waals surface area (Å²) in [7, 11) is 0. The minimum absolute atomic E-state index is 0.0209. The van der Waals surface area contributed by atoms with Gasteiger partial charge in [0.25, 0.3) is 0 Å². The maximum Gasteiger partial charge on any atom is 0.132 e. The molecule has 0 fully saturated rings. The molecule has 21 heavy (non-hydrogen) atoms. The molecule has 0 heterocycles. The second kappa shape index (κ2) is 7.34. The van der Waals surface area contributed by atoms with Gasteiger partial charge in [0, 0.05) is 16.6 Å². The quantitative estimate of drug-likeness (QED) is 0.859. The molecule has 0 spiro atoms. The van der Waals surface area contributed by atoms with Gasteiger partial charge in [0.05, 0.1) is 6.61 Å². The molecule has 112 valence electrons. The zero-order valence-electron chi connectivity index (χ0n) is 12.3. The van der Waals surface area contributed by atoms with Crippen molar-refractivity contribution >= 4 is 11.6 Å². The van der Waals surface area contributed by atoms with Gasteiger partial charge in [0.15, 0.2) is 0 Å². The molecule has 4 heteroatoms. The Labute approximate surface area is 130 Å². The van der Waals surface area contributed by atoms with Gasteiger partial charge in [-0.15, -0.1) is 0 Å². The lowest BCUT2D eigenvalue weighted by molar-refractivity contribution is 0.339. The number of ether oxygens (including phenoxy) is 2. The molecule has 0 aliphatic rings. The van der Waals surface area contributed by atoms with Gasteiger partial charge in [-0.25, -0.2) is 0 Å². The van der Waals surface area contributed by atoms with Crippen LogP contribution in [0, 0.1) is 0 Å². The lowest BCUT2D eigenvalue weighted by Crippen LogP contribution is -2.18. The van der Waals surface area contributed by atoms with Gasteiger partial charge in [0.2, 0.25) is 0 Å². The molecule has 1 unspecified atom stereocenters. The summed E-state index contributed by atoms with van der Waals surface area (Å²) < 4.78 is 11.3. The molecule has 3 nitrogen and oxygen atoms in total. The zero-order valence-corrected chi connectivity index (χ0v) is 13.1. The van der Waals surface area contributed by atoms with Crippen LogP contribution in [0.15, 0.2) is 42.5 Å². The maximum atomic E-state index is 6.25. The molecule has 0 aromatic heterocycles. The molecular formula is C17H20ClNO2. The molecule has 0 radical (unpaired) electrons. The predicted octanol–water partition coefficient (Wildman–Crippen LogP) is 4.42. The monoisotopic (exact) mass is 305 g/mol. The van der Waals surface area contributed by atoms with Crippen LogP contribution < -0.4 is 15.2 Å². The summed E-state index contributed by atoms with van der Waals surface area (Å²) in [5.74, 6) is 2.31. The van der Waals surface area contributed by atoms with Crippen LogP contribution in [0.2, 0.25) is 5.02 Å². The van der Waals surface area contributed by atoms with Crippen LogP contribution in [0.5, 0.6) is 17.2 Å². The van der Waals surface area contributed by atoms with Crippen molar-refractivity contribution in [1.29, 1.82) is 0 Å². The highest BCUT2D eigenvalue weighted by Crippen LogP contribution is 2.32. The van der Waals surface area contributed by atoms with Crippen molar-refractivity contribution in [2.24, 2.45) is 5.73 Å². The minimum atomic E-state index is 0.0209. The number of hydrogen-bond acceptors (Lipinski definition) is 3. The van der Waals surface area contributed by atoms with Gasteiger partial charge in [-0.3, -0.25) is 0 Å². The summed E-state index contributed by atoms with van der Waals surface area (Å²) in [6.45, 7) is 4.55. The highest BCUT2D eigenvalue weighted by Gasteiger charge is 2.11. The van der Waals surface area contributed by atoms with E-state index in [0.717, 1.165) is 22.8 Å². The van der Waals surface area contributed by atoms with Crippen molar-refractivity contribution < 1.29 is 9.47 Å². The lowest BCUT2D eigenvalue weighted by Gasteiger charge is -2.14. The molecule has 2 aromatic carbocycles. The summed E-state index contributed by atoms with van der Waals surface area (Å²) >= 11 is 6.25. The number of rotatable bonds is 6. The molecule has 1 atom stereocenters. The first-order valence-corrected chi connectivity index (χ1v) is 7.41. The number of halogens is 1. The molecular weight excluding hydrogens is 286 g/mol. The molecule has 0 saturated heterocycles. The summed E-state index contributed by atoms with van der Waals surface area (Å²) in [4.78, 5) is 0. The second-order valence-corrected chi connectivity index (χ2v) is 5.31. The molecule has 0 saturated carbocycles. The Bertz CT molecular complexity index is 582. The van der Waals surface area contributed by atoms with E-state index in [-0.39, 0.29) is 6.04 Å². The van der Waals surface area contributed by atoms with E-state index < -0.39 is 0 Å². The largest absolute Gasteiger partial charge is 0.494 e. The van der Waals surface area contributed by atoms with Gasteiger partial charge < -0.3 is 15.2 Å². The maximum absolute atomic E-state index is 6.25. The fourth-order valence-corrected chi connectivity index (χ4v) is 2.30. The first-order valence-electron chi connectivity index (χ1n) is 7.04. The first kappa shape index (κ1) is 15.7. The summed E-state index contributed by atoms with van der Waals surface area (Å²) in [6, 6.07) is 13.2. The van der Waals surface area contributed by atoms with E-state index >= 15 is 0 Å². The van der Waals surface area contributed by atoms with Crippen molar-refractivity contribution in [2.45, 2.75) is 26.3 Å². The van der Waals surface area contributed by atoms with Crippen molar-refractivity contribution in [3.8, 4) is 17.2 Å². The first-order chi connectivity index (χ1) is 10.1. The third-order valence-corrected chi connectivity index (χ3v) is 3.32. The number of hydrogen-bond donors (Lipinski definition) is 1. The molecule has 0 aliphatic heterocycles. The van der Waals surface area contributed by atoms with Crippen molar-refractivity contribution in [2.75, 3.05) is 6.61 Å². The predicted molar refractivity (Wildman–Crippen MR) is 86.5 cm³/mol. The van der Waals surface area contributed by atoms with E-state index in [1.54, 1.807) is 0 Å². The molecule has 2 rings (SSSR count). The standard InChI is InChI=1S/C17H20ClNO2/c1-3-20-13-7-9-14(10-8-13)21-17-6-4-5-16(18)15(17)11-12(2)19/h4-10,12H,3,11,19H2,1-2H3. The van der Waals surface area contributed by atoms with E-state index in [1.165, 1.54) is 0 Å².